The van der Waals surface area contributed by atoms with Crippen LogP contribution in [0.2, 0.25) is 0 Å². The van der Waals surface area contributed by atoms with Crippen LogP contribution >= 0.6 is 15.9 Å². The standard InChI is InChI=1S/C14H12BrNO2/c15-13-8-4-7-12(9-13)14(17)16-18-10-11-5-2-1-3-6-11/h1-9H,10H2,(H,16,17). The van der Waals surface area contributed by atoms with Crippen LogP contribution in [-0.4, -0.2) is 5.91 Å². The van der Waals surface area contributed by atoms with E-state index < -0.39 is 0 Å². The minimum atomic E-state index is -0.257. The molecule has 0 saturated heterocycles. The van der Waals surface area contributed by atoms with E-state index in [2.05, 4.69) is 21.4 Å². The van der Waals surface area contributed by atoms with Crippen LogP contribution in [-0.2, 0) is 11.4 Å². The molecule has 0 aliphatic rings. The maximum absolute atomic E-state index is 11.7. The minimum absolute atomic E-state index is 0.257. The molecule has 0 atom stereocenters. The summed E-state index contributed by atoms with van der Waals surface area (Å²) in [5, 5.41) is 0. The topological polar surface area (TPSA) is 38.3 Å². The third-order valence-corrected chi connectivity index (χ3v) is 2.83. The second-order valence-corrected chi connectivity index (χ2v) is 4.63. The van der Waals surface area contributed by atoms with Crippen molar-refractivity contribution in [3.05, 3.63) is 70.2 Å². The van der Waals surface area contributed by atoms with Gasteiger partial charge in [-0.15, -0.1) is 0 Å². The van der Waals surface area contributed by atoms with Crippen LogP contribution in [0, 0.1) is 0 Å². The second kappa shape index (κ2) is 6.33. The van der Waals surface area contributed by atoms with Gasteiger partial charge in [0, 0.05) is 10.0 Å². The van der Waals surface area contributed by atoms with Crippen LogP contribution in [0.5, 0.6) is 0 Å². The molecule has 0 aromatic heterocycles. The molecule has 0 saturated carbocycles. The maximum Gasteiger partial charge on any atom is 0.274 e. The molecule has 0 unspecified atom stereocenters. The Morgan fingerprint density at radius 2 is 1.89 bits per heavy atom. The van der Waals surface area contributed by atoms with Crippen LogP contribution in [0.1, 0.15) is 15.9 Å². The van der Waals surface area contributed by atoms with E-state index >= 15 is 0 Å². The molecule has 0 bridgehead atoms. The minimum Gasteiger partial charge on any atom is -0.269 e. The van der Waals surface area contributed by atoms with Gasteiger partial charge in [0.25, 0.3) is 5.91 Å². The van der Waals surface area contributed by atoms with Gasteiger partial charge in [-0.3, -0.25) is 9.63 Å². The molecule has 2 aromatic carbocycles. The molecule has 0 spiro atoms. The van der Waals surface area contributed by atoms with E-state index in [1.807, 2.05) is 36.4 Å². The highest BCUT2D eigenvalue weighted by Crippen LogP contribution is 2.11. The fourth-order valence-corrected chi connectivity index (χ4v) is 1.85. The molecule has 0 radical (unpaired) electrons. The lowest BCUT2D eigenvalue weighted by Gasteiger charge is -2.06. The van der Waals surface area contributed by atoms with Crippen molar-refractivity contribution in [2.45, 2.75) is 6.61 Å². The van der Waals surface area contributed by atoms with Crippen molar-refractivity contribution >= 4 is 21.8 Å². The predicted molar refractivity (Wildman–Crippen MR) is 72.8 cm³/mol. The summed E-state index contributed by atoms with van der Waals surface area (Å²) in [5.74, 6) is -0.257. The monoisotopic (exact) mass is 305 g/mol. The zero-order valence-electron chi connectivity index (χ0n) is 9.60. The average molecular weight is 306 g/mol. The van der Waals surface area contributed by atoms with Crippen molar-refractivity contribution in [2.24, 2.45) is 0 Å². The highest BCUT2D eigenvalue weighted by atomic mass is 79.9. The molecule has 1 N–H and O–H groups in total. The molecule has 0 aliphatic carbocycles. The first-order chi connectivity index (χ1) is 8.75. The number of amides is 1. The summed E-state index contributed by atoms with van der Waals surface area (Å²) >= 11 is 3.31. The van der Waals surface area contributed by atoms with E-state index in [9.17, 15) is 4.79 Å². The number of nitrogens with one attached hydrogen (secondary N) is 1. The van der Waals surface area contributed by atoms with E-state index in [1.165, 1.54) is 0 Å². The Kier molecular flexibility index (Phi) is 4.50. The summed E-state index contributed by atoms with van der Waals surface area (Å²) < 4.78 is 0.859. The largest absolute Gasteiger partial charge is 0.274 e. The first-order valence-corrected chi connectivity index (χ1v) is 6.26. The van der Waals surface area contributed by atoms with Gasteiger partial charge in [0.2, 0.25) is 0 Å². The van der Waals surface area contributed by atoms with Gasteiger partial charge in [-0.2, -0.15) is 0 Å². The van der Waals surface area contributed by atoms with Gasteiger partial charge in [0.05, 0.1) is 6.61 Å². The summed E-state index contributed by atoms with van der Waals surface area (Å²) in [6.07, 6.45) is 0. The Balaban J connectivity index is 1.86. The maximum atomic E-state index is 11.7. The van der Waals surface area contributed by atoms with Crippen LogP contribution in [0.4, 0.5) is 0 Å². The van der Waals surface area contributed by atoms with Crippen LogP contribution in [0.3, 0.4) is 0 Å². The Hall–Kier alpha value is -1.65. The average Bonchev–Trinajstić information content (AvgIpc) is 2.40. The molecule has 0 aliphatic heterocycles. The number of carbonyl (C=O) groups excluding carboxylic acids is 1. The number of halogens is 1. The summed E-state index contributed by atoms with van der Waals surface area (Å²) in [4.78, 5) is 16.9. The zero-order chi connectivity index (χ0) is 12.8. The molecule has 18 heavy (non-hydrogen) atoms. The van der Waals surface area contributed by atoms with Gasteiger partial charge in [-0.1, -0.05) is 52.3 Å². The van der Waals surface area contributed by atoms with Crippen molar-refractivity contribution in [1.82, 2.24) is 5.48 Å². The van der Waals surface area contributed by atoms with Crippen LogP contribution in [0.25, 0.3) is 0 Å². The molecule has 4 heteroatoms. The van der Waals surface area contributed by atoms with E-state index in [0.717, 1.165) is 10.0 Å². The second-order valence-electron chi connectivity index (χ2n) is 3.72. The number of benzene rings is 2. The summed E-state index contributed by atoms with van der Waals surface area (Å²) in [6.45, 7) is 0.348. The van der Waals surface area contributed by atoms with E-state index in [4.69, 9.17) is 4.84 Å². The molecular weight excluding hydrogens is 294 g/mol. The third kappa shape index (κ3) is 3.68. The molecule has 3 nitrogen and oxygen atoms in total. The lowest BCUT2D eigenvalue weighted by molar-refractivity contribution is 0.0233. The van der Waals surface area contributed by atoms with Crippen molar-refractivity contribution in [3.63, 3.8) is 0 Å². The fraction of sp³-hybridized carbons (Fsp3) is 0.0714. The Morgan fingerprint density at radius 3 is 2.61 bits per heavy atom. The molecule has 2 rings (SSSR count). The molecule has 0 heterocycles. The lowest BCUT2D eigenvalue weighted by atomic mass is 10.2. The fourth-order valence-electron chi connectivity index (χ4n) is 1.45. The highest BCUT2D eigenvalue weighted by Gasteiger charge is 2.05. The van der Waals surface area contributed by atoms with E-state index in [1.54, 1.807) is 18.2 Å². The number of hydroxylamine groups is 1. The van der Waals surface area contributed by atoms with Crippen molar-refractivity contribution < 1.29 is 9.63 Å². The van der Waals surface area contributed by atoms with Crippen molar-refractivity contribution in [1.29, 1.82) is 0 Å². The van der Waals surface area contributed by atoms with Gasteiger partial charge >= 0.3 is 0 Å². The summed E-state index contributed by atoms with van der Waals surface area (Å²) in [6, 6.07) is 16.8. The van der Waals surface area contributed by atoms with Crippen molar-refractivity contribution in [3.8, 4) is 0 Å². The van der Waals surface area contributed by atoms with E-state index in [-0.39, 0.29) is 5.91 Å². The molecular formula is C14H12BrNO2. The number of rotatable bonds is 4. The smallest absolute Gasteiger partial charge is 0.269 e. The van der Waals surface area contributed by atoms with Crippen molar-refractivity contribution in [2.75, 3.05) is 0 Å². The zero-order valence-corrected chi connectivity index (χ0v) is 11.2. The van der Waals surface area contributed by atoms with Gasteiger partial charge in [-0.25, -0.2) is 5.48 Å². The Bertz CT molecular complexity index is 528. The normalized spacial score (nSPS) is 10.1. The van der Waals surface area contributed by atoms with Gasteiger partial charge in [-0.05, 0) is 23.8 Å². The van der Waals surface area contributed by atoms with Gasteiger partial charge in [0.1, 0.15) is 0 Å². The first kappa shape index (κ1) is 12.8. The Morgan fingerprint density at radius 1 is 1.11 bits per heavy atom. The molecule has 92 valence electrons. The SMILES string of the molecule is O=C(NOCc1ccccc1)c1cccc(Br)c1. The number of hydrogen-bond donors (Lipinski definition) is 1. The number of carbonyl (C=O) groups is 1. The third-order valence-electron chi connectivity index (χ3n) is 2.33. The summed E-state index contributed by atoms with van der Waals surface area (Å²) in [7, 11) is 0. The Labute approximate surface area is 114 Å². The first-order valence-electron chi connectivity index (χ1n) is 5.47. The van der Waals surface area contributed by atoms with Crippen LogP contribution < -0.4 is 5.48 Å². The number of hydrogen-bond acceptors (Lipinski definition) is 2. The van der Waals surface area contributed by atoms with Crippen LogP contribution in [0.15, 0.2) is 59.1 Å². The summed E-state index contributed by atoms with van der Waals surface area (Å²) in [5.41, 5.74) is 3.97. The van der Waals surface area contributed by atoms with E-state index in [0.29, 0.717) is 12.2 Å². The predicted octanol–water partition coefficient (Wildman–Crippen LogP) is 3.31. The van der Waals surface area contributed by atoms with Gasteiger partial charge < -0.3 is 0 Å². The quantitative estimate of drug-likeness (QED) is 0.880. The van der Waals surface area contributed by atoms with Gasteiger partial charge in [0.15, 0.2) is 0 Å². The molecule has 2 aromatic rings. The molecule has 0 fully saturated rings. The lowest BCUT2D eigenvalue weighted by Crippen LogP contribution is -2.23. The highest BCUT2D eigenvalue weighted by molar-refractivity contribution is 9.10. The molecule has 1 amide bonds.